The van der Waals surface area contributed by atoms with Gasteiger partial charge in [-0.3, -0.25) is 4.79 Å². The Labute approximate surface area is 105 Å². The van der Waals surface area contributed by atoms with Gasteiger partial charge in [0.15, 0.2) is 0 Å². The molecule has 0 saturated carbocycles. The maximum Gasteiger partial charge on any atom is 0.315 e. The number of rotatable bonds is 3. The second kappa shape index (κ2) is 5.48. The summed E-state index contributed by atoms with van der Waals surface area (Å²) >= 11 is 0. The Kier molecular flexibility index (Phi) is 4.17. The number of nitrogens with zero attached hydrogens (tertiary/aromatic N) is 1. The molecule has 0 aromatic rings. The summed E-state index contributed by atoms with van der Waals surface area (Å²) in [5, 5.41) is 9.04. The predicted molar refractivity (Wildman–Crippen MR) is 60.7 cm³/mol. The Morgan fingerprint density at radius 3 is 2.28 bits per heavy atom. The molecule has 0 aromatic carbocycles. The molecule has 0 bridgehead atoms. The zero-order valence-electron chi connectivity index (χ0n) is 10.3. The lowest BCUT2D eigenvalue weighted by Crippen LogP contribution is -2.52. The van der Waals surface area contributed by atoms with Gasteiger partial charge in [0.1, 0.15) is 5.41 Å². The van der Waals surface area contributed by atoms with Crippen molar-refractivity contribution in [3.05, 3.63) is 0 Å². The Hall–Kier alpha value is -0.750. The average molecular weight is 263 g/mol. The Bertz CT molecular complexity index is 298. The van der Waals surface area contributed by atoms with Crippen molar-refractivity contribution in [2.24, 2.45) is 5.41 Å². The van der Waals surface area contributed by atoms with Crippen LogP contribution in [0.4, 0.5) is 8.78 Å². The fraction of sp³-hybridized carbons (Fsp3) is 0.917. The molecule has 0 spiro atoms. The summed E-state index contributed by atoms with van der Waals surface area (Å²) < 4.78 is 31.2. The highest BCUT2D eigenvalue weighted by molar-refractivity contribution is 5.75. The third-order valence-electron chi connectivity index (χ3n) is 4.24. The van der Waals surface area contributed by atoms with Gasteiger partial charge in [0.2, 0.25) is 0 Å². The zero-order valence-corrected chi connectivity index (χ0v) is 10.3. The SMILES string of the molecule is O=C(O)C1(C(F)F)CCN(C2CCOCC2)CC1. The second-order valence-electron chi connectivity index (χ2n) is 5.14. The first-order valence-electron chi connectivity index (χ1n) is 6.39. The van der Waals surface area contributed by atoms with Crippen LogP contribution in [0.5, 0.6) is 0 Å². The molecule has 4 nitrogen and oxygen atoms in total. The quantitative estimate of drug-likeness (QED) is 0.840. The van der Waals surface area contributed by atoms with Crippen LogP contribution in [0.1, 0.15) is 25.7 Å². The summed E-state index contributed by atoms with van der Waals surface area (Å²) in [5.74, 6) is -1.36. The summed E-state index contributed by atoms with van der Waals surface area (Å²) in [6.45, 7) is 2.31. The normalized spacial score (nSPS) is 26.4. The molecular formula is C12H19F2NO3. The van der Waals surface area contributed by atoms with Crippen LogP contribution in [-0.4, -0.2) is 54.7 Å². The van der Waals surface area contributed by atoms with E-state index in [-0.39, 0.29) is 12.8 Å². The number of aliphatic carboxylic acids is 1. The van der Waals surface area contributed by atoms with Crippen LogP contribution in [0.15, 0.2) is 0 Å². The van der Waals surface area contributed by atoms with Crippen LogP contribution in [0.25, 0.3) is 0 Å². The Morgan fingerprint density at radius 1 is 1.28 bits per heavy atom. The van der Waals surface area contributed by atoms with Gasteiger partial charge in [-0.2, -0.15) is 0 Å². The molecule has 1 N–H and O–H groups in total. The topological polar surface area (TPSA) is 49.8 Å². The number of carbonyl (C=O) groups is 1. The molecule has 18 heavy (non-hydrogen) atoms. The predicted octanol–water partition coefficient (Wildman–Crippen LogP) is 1.60. The second-order valence-corrected chi connectivity index (χ2v) is 5.14. The number of ether oxygens (including phenoxy) is 1. The lowest BCUT2D eigenvalue weighted by atomic mass is 9.78. The van der Waals surface area contributed by atoms with Crippen molar-refractivity contribution in [3.8, 4) is 0 Å². The van der Waals surface area contributed by atoms with E-state index in [0.29, 0.717) is 32.3 Å². The molecule has 0 unspecified atom stereocenters. The Balaban J connectivity index is 1.95. The minimum Gasteiger partial charge on any atom is -0.481 e. The van der Waals surface area contributed by atoms with E-state index in [9.17, 15) is 13.6 Å². The van der Waals surface area contributed by atoms with Crippen LogP contribution < -0.4 is 0 Å². The number of hydrogen-bond acceptors (Lipinski definition) is 3. The van der Waals surface area contributed by atoms with E-state index in [1.54, 1.807) is 0 Å². The average Bonchev–Trinajstić information content (AvgIpc) is 2.39. The van der Waals surface area contributed by atoms with Crippen LogP contribution >= 0.6 is 0 Å². The number of likely N-dealkylation sites (tertiary alicyclic amines) is 1. The van der Waals surface area contributed by atoms with Gasteiger partial charge in [-0.25, -0.2) is 8.78 Å². The minimum atomic E-state index is -2.79. The molecule has 104 valence electrons. The fourth-order valence-corrected chi connectivity index (χ4v) is 2.86. The van der Waals surface area contributed by atoms with Crippen molar-refractivity contribution >= 4 is 5.97 Å². The van der Waals surface area contributed by atoms with Gasteiger partial charge in [-0.1, -0.05) is 0 Å². The molecule has 6 heteroatoms. The molecule has 2 rings (SSSR count). The maximum atomic E-state index is 13.0. The van der Waals surface area contributed by atoms with Gasteiger partial charge in [0.25, 0.3) is 6.43 Å². The van der Waals surface area contributed by atoms with Gasteiger partial charge < -0.3 is 14.7 Å². The fourth-order valence-electron chi connectivity index (χ4n) is 2.86. The molecule has 2 aliphatic rings. The number of carboxylic acid groups (broad SMARTS) is 1. The van der Waals surface area contributed by atoms with E-state index >= 15 is 0 Å². The van der Waals surface area contributed by atoms with Crippen LogP contribution in [0, 0.1) is 5.41 Å². The van der Waals surface area contributed by atoms with E-state index in [2.05, 4.69) is 4.90 Å². The molecule has 0 aromatic heterocycles. The maximum absolute atomic E-state index is 13.0. The molecule has 2 heterocycles. The first-order chi connectivity index (χ1) is 8.56. The number of halogens is 2. The summed E-state index contributed by atoms with van der Waals surface area (Å²) in [7, 11) is 0. The number of hydrogen-bond donors (Lipinski definition) is 1. The van der Waals surface area contributed by atoms with Crippen molar-refractivity contribution in [3.63, 3.8) is 0 Å². The van der Waals surface area contributed by atoms with Crippen molar-refractivity contribution < 1.29 is 23.4 Å². The highest BCUT2D eigenvalue weighted by Crippen LogP contribution is 2.39. The zero-order chi connectivity index (χ0) is 13.2. The third-order valence-corrected chi connectivity index (χ3v) is 4.24. The van der Waals surface area contributed by atoms with Gasteiger partial charge in [0, 0.05) is 19.3 Å². The van der Waals surface area contributed by atoms with Gasteiger partial charge in [-0.05, 0) is 38.8 Å². The summed E-state index contributed by atoms with van der Waals surface area (Å²) in [5.41, 5.74) is -1.83. The summed E-state index contributed by atoms with van der Waals surface area (Å²) in [4.78, 5) is 13.2. The van der Waals surface area contributed by atoms with Gasteiger partial charge in [-0.15, -0.1) is 0 Å². The minimum absolute atomic E-state index is 0.0390. The number of piperidine rings is 1. The molecule has 2 saturated heterocycles. The smallest absolute Gasteiger partial charge is 0.315 e. The molecule has 2 fully saturated rings. The molecule has 2 aliphatic heterocycles. The summed E-state index contributed by atoms with van der Waals surface area (Å²) in [6, 6.07) is 0.364. The van der Waals surface area contributed by atoms with E-state index in [4.69, 9.17) is 9.84 Å². The van der Waals surface area contributed by atoms with Crippen LogP contribution in [-0.2, 0) is 9.53 Å². The molecule has 0 radical (unpaired) electrons. The van der Waals surface area contributed by atoms with E-state index in [0.717, 1.165) is 12.8 Å². The van der Waals surface area contributed by atoms with E-state index in [1.807, 2.05) is 0 Å². The van der Waals surface area contributed by atoms with E-state index in [1.165, 1.54) is 0 Å². The van der Waals surface area contributed by atoms with Crippen molar-refractivity contribution in [2.45, 2.75) is 38.2 Å². The van der Waals surface area contributed by atoms with Crippen LogP contribution in [0.2, 0.25) is 0 Å². The monoisotopic (exact) mass is 263 g/mol. The van der Waals surface area contributed by atoms with Crippen molar-refractivity contribution in [1.29, 1.82) is 0 Å². The highest BCUT2D eigenvalue weighted by Gasteiger charge is 2.50. The van der Waals surface area contributed by atoms with E-state index < -0.39 is 17.8 Å². The first kappa shape index (κ1) is 13.7. The number of carboxylic acids is 1. The summed E-state index contributed by atoms with van der Waals surface area (Å²) in [6.07, 6.45) is -0.884. The highest BCUT2D eigenvalue weighted by atomic mass is 19.3. The number of alkyl halides is 2. The lowest BCUT2D eigenvalue weighted by molar-refractivity contribution is -0.166. The molecule has 0 aliphatic carbocycles. The lowest BCUT2D eigenvalue weighted by Gasteiger charge is -2.42. The van der Waals surface area contributed by atoms with Gasteiger partial charge >= 0.3 is 5.97 Å². The van der Waals surface area contributed by atoms with Gasteiger partial charge in [0.05, 0.1) is 0 Å². The first-order valence-corrected chi connectivity index (χ1v) is 6.39. The largest absolute Gasteiger partial charge is 0.481 e. The van der Waals surface area contributed by atoms with Crippen LogP contribution in [0.3, 0.4) is 0 Å². The standard InChI is InChI=1S/C12H19F2NO3/c13-10(14)12(11(16)17)3-5-15(6-4-12)9-1-7-18-8-2-9/h9-10H,1-8H2,(H,16,17). The third kappa shape index (κ3) is 2.49. The van der Waals surface area contributed by atoms with Crippen molar-refractivity contribution in [1.82, 2.24) is 4.90 Å². The van der Waals surface area contributed by atoms with Crippen molar-refractivity contribution in [2.75, 3.05) is 26.3 Å². The molecule has 0 atom stereocenters. The molecular weight excluding hydrogens is 244 g/mol. The molecule has 0 amide bonds. The Morgan fingerprint density at radius 2 is 1.83 bits per heavy atom.